The highest BCUT2D eigenvalue weighted by atomic mass is 16.5. The number of rotatable bonds is 8. The smallest absolute Gasteiger partial charge is 0.262 e. The fraction of sp³-hybridized carbons (Fsp3) is 0.238. The van der Waals surface area contributed by atoms with Crippen LogP contribution in [0.4, 0.5) is 0 Å². The molecule has 2 rings (SSSR count). The van der Waals surface area contributed by atoms with E-state index >= 15 is 0 Å². The van der Waals surface area contributed by atoms with Crippen LogP contribution in [-0.2, 0) is 11.3 Å². The topological polar surface area (TPSA) is 89.8 Å². The lowest BCUT2D eigenvalue weighted by Crippen LogP contribution is -2.24. The van der Waals surface area contributed by atoms with Gasteiger partial charge in [0.1, 0.15) is 23.1 Å². The molecule has 7 nitrogen and oxygen atoms in total. The van der Waals surface area contributed by atoms with Crippen molar-refractivity contribution >= 4 is 12.0 Å². The Labute approximate surface area is 164 Å². The molecule has 0 saturated carbocycles. The molecule has 0 unspecified atom stereocenters. The molecule has 0 aliphatic carbocycles. The van der Waals surface area contributed by atoms with Crippen LogP contribution in [0.25, 0.3) is 6.08 Å². The molecule has 0 heterocycles. The fourth-order valence-electron chi connectivity index (χ4n) is 2.53. The molecule has 0 fully saturated rings. The second-order valence-electron chi connectivity index (χ2n) is 5.64. The molecule has 0 bridgehead atoms. The number of nitrogens with zero attached hydrogens (tertiary/aromatic N) is 1. The van der Waals surface area contributed by atoms with Crippen molar-refractivity contribution in [1.82, 2.24) is 5.32 Å². The van der Waals surface area contributed by atoms with E-state index < -0.39 is 5.91 Å². The first-order valence-corrected chi connectivity index (χ1v) is 8.39. The van der Waals surface area contributed by atoms with Crippen molar-refractivity contribution in [3.05, 3.63) is 53.1 Å². The molecule has 0 atom stereocenters. The zero-order chi connectivity index (χ0) is 20.5. The number of ether oxygens (including phenoxy) is 4. The molecule has 2 aromatic carbocycles. The van der Waals surface area contributed by atoms with Gasteiger partial charge in [-0.2, -0.15) is 5.26 Å². The van der Waals surface area contributed by atoms with Gasteiger partial charge in [0.25, 0.3) is 5.91 Å². The van der Waals surface area contributed by atoms with Crippen molar-refractivity contribution in [1.29, 1.82) is 5.26 Å². The van der Waals surface area contributed by atoms with Crippen LogP contribution in [0.15, 0.2) is 42.0 Å². The van der Waals surface area contributed by atoms with E-state index in [0.29, 0.717) is 28.6 Å². The highest BCUT2D eigenvalue weighted by Gasteiger charge is 2.12. The molecular weight excluding hydrogens is 360 g/mol. The Morgan fingerprint density at radius 1 is 0.964 bits per heavy atom. The maximum Gasteiger partial charge on any atom is 0.262 e. The molecule has 0 aliphatic heterocycles. The number of nitriles is 1. The van der Waals surface area contributed by atoms with Crippen LogP contribution >= 0.6 is 0 Å². The Hall–Kier alpha value is -3.66. The second-order valence-corrected chi connectivity index (χ2v) is 5.64. The van der Waals surface area contributed by atoms with Crippen LogP contribution in [0.1, 0.15) is 11.1 Å². The van der Waals surface area contributed by atoms with Gasteiger partial charge in [0.15, 0.2) is 11.5 Å². The quantitative estimate of drug-likeness (QED) is 0.558. The largest absolute Gasteiger partial charge is 0.497 e. The Morgan fingerprint density at radius 2 is 1.68 bits per heavy atom. The number of hydrogen-bond acceptors (Lipinski definition) is 6. The van der Waals surface area contributed by atoms with Gasteiger partial charge in [-0.05, 0) is 35.9 Å². The van der Waals surface area contributed by atoms with Gasteiger partial charge in [-0.15, -0.1) is 0 Å². The van der Waals surface area contributed by atoms with Crippen molar-refractivity contribution < 1.29 is 23.7 Å². The van der Waals surface area contributed by atoms with E-state index in [1.54, 1.807) is 43.5 Å². The highest BCUT2D eigenvalue weighted by Crippen LogP contribution is 2.28. The molecule has 0 radical (unpaired) electrons. The molecule has 146 valence electrons. The summed E-state index contributed by atoms with van der Waals surface area (Å²) in [7, 11) is 6.16. The van der Waals surface area contributed by atoms with Crippen LogP contribution in [0.3, 0.4) is 0 Å². The minimum atomic E-state index is -0.491. The van der Waals surface area contributed by atoms with E-state index in [9.17, 15) is 10.1 Å². The van der Waals surface area contributed by atoms with Gasteiger partial charge in [0.05, 0.1) is 28.4 Å². The minimum absolute atomic E-state index is 0.0281. The van der Waals surface area contributed by atoms with Crippen LogP contribution < -0.4 is 24.3 Å². The van der Waals surface area contributed by atoms with E-state index in [0.717, 1.165) is 5.56 Å². The third kappa shape index (κ3) is 4.95. The number of hydrogen-bond donors (Lipinski definition) is 1. The molecule has 7 heteroatoms. The summed E-state index contributed by atoms with van der Waals surface area (Å²) in [6, 6.07) is 12.4. The summed E-state index contributed by atoms with van der Waals surface area (Å²) in [5.41, 5.74) is 1.38. The number of methoxy groups -OCH3 is 4. The summed E-state index contributed by atoms with van der Waals surface area (Å²) in [6.07, 6.45) is 1.49. The maximum absolute atomic E-state index is 12.4. The van der Waals surface area contributed by atoms with E-state index in [4.69, 9.17) is 18.9 Å². The normalized spacial score (nSPS) is 10.6. The van der Waals surface area contributed by atoms with E-state index in [2.05, 4.69) is 5.32 Å². The van der Waals surface area contributed by atoms with E-state index in [1.807, 2.05) is 6.07 Å². The molecule has 0 aromatic heterocycles. The molecule has 2 aromatic rings. The summed E-state index contributed by atoms with van der Waals surface area (Å²) >= 11 is 0. The average molecular weight is 382 g/mol. The summed E-state index contributed by atoms with van der Waals surface area (Å²) < 4.78 is 20.9. The predicted molar refractivity (Wildman–Crippen MR) is 105 cm³/mol. The minimum Gasteiger partial charge on any atom is -0.497 e. The van der Waals surface area contributed by atoms with Crippen molar-refractivity contribution in [2.24, 2.45) is 0 Å². The number of amides is 1. The average Bonchev–Trinajstić information content (AvgIpc) is 2.75. The SMILES string of the molecule is COc1ccc(CNC(=O)/C(C#N)=C/c2ccc(OC)c(OC)c2)c(OC)c1. The zero-order valence-corrected chi connectivity index (χ0v) is 16.2. The zero-order valence-electron chi connectivity index (χ0n) is 16.2. The van der Waals surface area contributed by atoms with Crippen LogP contribution in [0, 0.1) is 11.3 Å². The first kappa shape index (κ1) is 20.6. The van der Waals surface area contributed by atoms with Gasteiger partial charge in [-0.25, -0.2) is 0 Å². The molecular formula is C21H22N2O5. The van der Waals surface area contributed by atoms with Crippen LogP contribution in [0.5, 0.6) is 23.0 Å². The molecule has 0 spiro atoms. The summed E-state index contributed by atoms with van der Waals surface area (Å²) in [6.45, 7) is 0.205. The van der Waals surface area contributed by atoms with E-state index in [1.165, 1.54) is 27.4 Å². The maximum atomic E-state index is 12.4. The predicted octanol–water partition coefficient (Wildman–Crippen LogP) is 2.94. The number of nitrogens with one attached hydrogen (secondary N) is 1. The van der Waals surface area contributed by atoms with Crippen LogP contribution in [-0.4, -0.2) is 34.3 Å². The van der Waals surface area contributed by atoms with Crippen molar-refractivity contribution in [3.63, 3.8) is 0 Å². The lowest BCUT2D eigenvalue weighted by atomic mass is 10.1. The second kappa shape index (κ2) is 9.88. The Morgan fingerprint density at radius 3 is 2.29 bits per heavy atom. The Bertz CT molecular complexity index is 915. The molecule has 28 heavy (non-hydrogen) atoms. The standard InChI is InChI=1S/C21H22N2O5/c1-25-17-7-6-15(19(11-17)27-3)13-23-21(24)16(12-22)9-14-5-8-18(26-2)20(10-14)28-4/h5-11H,13H2,1-4H3,(H,23,24)/b16-9+. The molecule has 1 N–H and O–H groups in total. The van der Waals surface area contributed by atoms with Crippen molar-refractivity contribution in [2.45, 2.75) is 6.54 Å². The summed E-state index contributed by atoms with van der Waals surface area (Å²) in [5.74, 6) is 1.82. The van der Waals surface area contributed by atoms with Crippen LogP contribution in [0.2, 0.25) is 0 Å². The summed E-state index contributed by atoms with van der Waals surface area (Å²) in [4.78, 5) is 12.4. The van der Waals surface area contributed by atoms with Gasteiger partial charge >= 0.3 is 0 Å². The van der Waals surface area contributed by atoms with Gasteiger partial charge in [-0.1, -0.05) is 6.07 Å². The monoisotopic (exact) mass is 382 g/mol. The van der Waals surface area contributed by atoms with E-state index in [-0.39, 0.29) is 12.1 Å². The summed E-state index contributed by atoms with van der Waals surface area (Å²) in [5, 5.41) is 12.1. The first-order chi connectivity index (χ1) is 13.6. The molecule has 0 aliphatic rings. The van der Waals surface area contributed by atoms with Gasteiger partial charge in [-0.3, -0.25) is 4.79 Å². The lowest BCUT2D eigenvalue weighted by molar-refractivity contribution is -0.117. The third-order valence-electron chi connectivity index (χ3n) is 4.02. The first-order valence-electron chi connectivity index (χ1n) is 8.39. The van der Waals surface area contributed by atoms with Gasteiger partial charge < -0.3 is 24.3 Å². The lowest BCUT2D eigenvalue weighted by Gasteiger charge is -2.11. The van der Waals surface area contributed by atoms with Gasteiger partial charge in [0, 0.05) is 18.2 Å². The molecule has 0 saturated heterocycles. The fourth-order valence-corrected chi connectivity index (χ4v) is 2.53. The number of benzene rings is 2. The van der Waals surface area contributed by atoms with Crippen molar-refractivity contribution in [3.8, 4) is 29.1 Å². The Balaban J connectivity index is 2.16. The highest BCUT2D eigenvalue weighted by molar-refractivity contribution is 6.01. The Kier molecular flexibility index (Phi) is 7.28. The molecule has 1 amide bonds. The number of carbonyl (C=O) groups is 1. The van der Waals surface area contributed by atoms with Gasteiger partial charge in [0.2, 0.25) is 0 Å². The number of carbonyl (C=O) groups excluding carboxylic acids is 1. The third-order valence-corrected chi connectivity index (χ3v) is 4.02. The van der Waals surface area contributed by atoms with Crippen molar-refractivity contribution in [2.75, 3.05) is 28.4 Å².